The Labute approximate surface area is 131 Å². The van der Waals surface area contributed by atoms with Crippen LogP contribution in [0.1, 0.15) is 38.7 Å². The maximum absolute atomic E-state index is 12.5. The third kappa shape index (κ3) is 2.04. The van der Waals surface area contributed by atoms with Crippen molar-refractivity contribution >= 4 is 6.03 Å². The lowest BCUT2D eigenvalue weighted by molar-refractivity contribution is -0.108. The summed E-state index contributed by atoms with van der Waals surface area (Å²) < 4.78 is 5.79. The van der Waals surface area contributed by atoms with Gasteiger partial charge < -0.3 is 15.4 Å². The molecule has 4 nitrogen and oxygen atoms in total. The summed E-state index contributed by atoms with van der Waals surface area (Å²) in [7, 11) is 0. The molecular weight excluding hydrogens is 276 g/mol. The van der Waals surface area contributed by atoms with Crippen molar-refractivity contribution in [1.82, 2.24) is 10.6 Å². The maximum atomic E-state index is 12.5. The number of carbonyl (C=O) groups excluding carboxylic acids is 1. The van der Waals surface area contributed by atoms with Crippen LogP contribution < -0.4 is 10.6 Å². The minimum Gasteiger partial charge on any atom is -0.377 e. The van der Waals surface area contributed by atoms with Crippen LogP contribution in [0, 0.1) is 11.3 Å². The zero-order valence-electron chi connectivity index (χ0n) is 13.3. The third-order valence-electron chi connectivity index (χ3n) is 5.82. The van der Waals surface area contributed by atoms with Crippen LogP contribution in [0.5, 0.6) is 0 Å². The molecule has 0 unspecified atom stereocenters. The molecule has 2 saturated carbocycles. The van der Waals surface area contributed by atoms with Gasteiger partial charge in [-0.1, -0.05) is 44.2 Å². The number of carbonyl (C=O) groups is 1. The van der Waals surface area contributed by atoms with Gasteiger partial charge in [0.1, 0.15) is 0 Å². The molecule has 1 heterocycles. The lowest BCUT2D eigenvalue weighted by Crippen LogP contribution is -2.68. The summed E-state index contributed by atoms with van der Waals surface area (Å²) in [5.74, 6) is 0.479. The first-order valence-corrected chi connectivity index (χ1v) is 8.29. The SMILES string of the molecule is CC1(C)[C@H](NC(=O)NC2(c3ccccc3)CC2)[C@@H]2CCO[C@H]21. The molecule has 2 N–H and O–H groups in total. The molecule has 4 heteroatoms. The largest absolute Gasteiger partial charge is 0.377 e. The lowest BCUT2D eigenvalue weighted by atomic mass is 9.57. The normalized spacial score (nSPS) is 33.5. The highest BCUT2D eigenvalue weighted by molar-refractivity contribution is 5.76. The number of hydrogen-bond acceptors (Lipinski definition) is 2. The van der Waals surface area contributed by atoms with E-state index in [9.17, 15) is 4.79 Å². The topological polar surface area (TPSA) is 50.4 Å². The van der Waals surface area contributed by atoms with Gasteiger partial charge in [-0.15, -0.1) is 0 Å². The highest BCUT2D eigenvalue weighted by Crippen LogP contribution is 2.52. The molecule has 2 amide bonds. The van der Waals surface area contributed by atoms with Gasteiger partial charge >= 0.3 is 6.03 Å². The highest BCUT2D eigenvalue weighted by Gasteiger charge is 2.60. The molecule has 22 heavy (non-hydrogen) atoms. The van der Waals surface area contributed by atoms with Crippen LogP contribution in [0.25, 0.3) is 0 Å². The molecule has 118 valence electrons. The quantitative estimate of drug-likeness (QED) is 0.902. The van der Waals surface area contributed by atoms with E-state index < -0.39 is 0 Å². The predicted molar refractivity (Wildman–Crippen MR) is 84.4 cm³/mol. The van der Waals surface area contributed by atoms with Gasteiger partial charge in [0.15, 0.2) is 0 Å². The summed E-state index contributed by atoms with van der Waals surface area (Å²) in [4.78, 5) is 12.5. The van der Waals surface area contributed by atoms with Gasteiger partial charge in [-0.25, -0.2) is 4.79 Å². The maximum Gasteiger partial charge on any atom is 0.315 e. The Morgan fingerprint density at radius 1 is 1.23 bits per heavy atom. The highest BCUT2D eigenvalue weighted by atomic mass is 16.5. The van der Waals surface area contributed by atoms with Crippen LogP contribution >= 0.6 is 0 Å². The van der Waals surface area contributed by atoms with E-state index in [4.69, 9.17) is 4.74 Å². The van der Waals surface area contributed by atoms with Crippen molar-refractivity contribution in [3.05, 3.63) is 35.9 Å². The molecule has 0 spiro atoms. The number of fused-ring (bicyclic) bond motifs is 1. The number of hydrogen-bond donors (Lipinski definition) is 2. The molecule has 1 aromatic carbocycles. The minimum absolute atomic E-state index is 0.0297. The van der Waals surface area contributed by atoms with Gasteiger partial charge in [0.25, 0.3) is 0 Å². The molecule has 0 aromatic heterocycles. The average molecular weight is 300 g/mol. The standard InChI is InChI=1S/C18H24N2O2/c1-17(2)14(13-8-11-22-15(13)17)19-16(21)20-18(9-10-18)12-6-4-3-5-7-12/h3-7,13-15H,8-11H2,1-2H3,(H2,19,20,21)/t13-,14+,15+/m0/s1. The predicted octanol–water partition coefficient (Wildman–Crippen LogP) is 2.79. The Kier molecular flexibility index (Phi) is 3.02. The van der Waals surface area contributed by atoms with Gasteiger partial charge in [-0.05, 0) is 24.8 Å². The molecule has 1 saturated heterocycles. The first-order valence-electron chi connectivity index (χ1n) is 8.29. The van der Waals surface area contributed by atoms with Crippen LogP contribution in [0.4, 0.5) is 4.79 Å². The molecular formula is C18H24N2O2. The summed E-state index contributed by atoms with van der Waals surface area (Å²) in [5, 5.41) is 6.42. The Hall–Kier alpha value is -1.55. The van der Waals surface area contributed by atoms with Crippen molar-refractivity contribution in [2.75, 3.05) is 6.61 Å². The Balaban J connectivity index is 1.42. The van der Waals surface area contributed by atoms with Crippen molar-refractivity contribution in [3.63, 3.8) is 0 Å². The van der Waals surface area contributed by atoms with Crippen molar-refractivity contribution in [2.45, 2.75) is 50.8 Å². The van der Waals surface area contributed by atoms with Gasteiger partial charge in [0.2, 0.25) is 0 Å². The number of rotatable bonds is 3. The second-order valence-electron chi connectivity index (χ2n) is 7.59. The fraction of sp³-hybridized carbons (Fsp3) is 0.611. The number of benzene rings is 1. The van der Waals surface area contributed by atoms with E-state index in [1.54, 1.807) is 0 Å². The van der Waals surface area contributed by atoms with Crippen molar-refractivity contribution in [2.24, 2.45) is 11.3 Å². The van der Waals surface area contributed by atoms with Gasteiger partial charge in [0, 0.05) is 24.0 Å². The van der Waals surface area contributed by atoms with E-state index in [-0.39, 0.29) is 23.0 Å². The summed E-state index contributed by atoms with van der Waals surface area (Å²) in [6, 6.07) is 10.4. The van der Waals surface area contributed by atoms with Crippen LogP contribution in [0.3, 0.4) is 0 Å². The molecule has 1 aliphatic heterocycles. The molecule has 3 fully saturated rings. The molecule has 3 atom stereocenters. The van der Waals surface area contributed by atoms with Crippen molar-refractivity contribution < 1.29 is 9.53 Å². The Bertz CT molecular complexity index is 580. The van der Waals surface area contributed by atoms with E-state index in [0.717, 1.165) is 25.9 Å². The van der Waals surface area contributed by atoms with E-state index in [1.165, 1.54) is 5.56 Å². The van der Waals surface area contributed by atoms with E-state index >= 15 is 0 Å². The lowest BCUT2D eigenvalue weighted by Gasteiger charge is -2.54. The van der Waals surface area contributed by atoms with E-state index in [0.29, 0.717) is 12.0 Å². The Morgan fingerprint density at radius 2 is 1.95 bits per heavy atom. The first-order chi connectivity index (χ1) is 10.5. The zero-order valence-corrected chi connectivity index (χ0v) is 13.3. The first kappa shape index (κ1) is 14.1. The minimum atomic E-state index is -0.148. The number of nitrogens with one attached hydrogen (secondary N) is 2. The average Bonchev–Trinajstić information content (AvgIpc) is 3.14. The smallest absolute Gasteiger partial charge is 0.315 e. The third-order valence-corrected chi connectivity index (χ3v) is 5.82. The number of urea groups is 1. The van der Waals surface area contributed by atoms with Crippen LogP contribution in [0.2, 0.25) is 0 Å². The second-order valence-corrected chi connectivity index (χ2v) is 7.59. The summed E-state index contributed by atoms with van der Waals surface area (Å²) in [6.45, 7) is 5.20. The van der Waals surface area contributed by atoms with Gasteiger partial charge in [-0.3, -0.25) is 0 Å². The summed E-state index contributed by atoms with van der Waals surface area (Å²) in [6.07, 6.45) is 3.41. The summed E-state index contributed by atoms with van der Waals surface area (Å²) in [5.41, 5.74) is 1.09. The van der Waals surface area contributed by atoms with E-state index in [2.05, 4.69) is 36.6 Å². The molecule has 3 aliphatic rings. The number of amides is 2. The molecule has 0 radical (unpaired) electrons. The Morgan fingerprint density at radius 3 is 2.64 bits per heavy atom. The monoisotopic (exact) mass is 300 g/mol. The molecule has 4 rings (SSSR count). The van der Waals surface area contributed by atoms with E-state index in [1.807, 2.05) is 18.2 Å². The molecule has 2 aliphatic carbocycles. The fourth-order valence-corrected chi connectivity index (χ4v) is 4.38. The number of ether oxygens (including phenoxy) is 1. The van der Waals surface area contributed by atoms with Gasteiger partial charge in [0.05, 0.1) is 11.6 Å². The zero-order chi connectivity index (χ0) is 15.4. The molecule has 0 bridgehead atoms. The van der Waals surface area contributed by atoms with Crippen LogP contribution in [-0.4, -0.2) is 24.8 Å². The molecule has 1 aromatic rings. The fourth-order valence-electron chi connectivity index (χ4n) is 4.38. The van der Waals surface area contributed by atoms with Crippen LogP contribution in [0.15, 0.2) is 30.3 Å². The summed E-state index contributed by atoms with van der Waals surface area (Å²) >= 11 is 0. The van der Waals surface area contributed by atoms with Crippen molar-refractivity contribution in [1.29, 1.82) is 0 Å². The van der Waals surface area contributed by atoms with Gasteiger partial charge in [-0.2, -0.15) is 0 Å². The van der Waals surface area contributed by atoms with Crippen LogP contribution in [-0.2, 0) is 10.3 Å². The van der Waals surface area contributed by atoms with Crippen molar-refractivity contribution in [3.8, 4) is 0 Å². The second kappa shape index (κ2) is 4.72.